The highest BCUT2D eigenvalue weighted by Crippen LogP contribution is 2.36. The molecule has 0 aromatic heterocycles. The minimum Gasteiger partial charge on any atom is -0.493 e. The van der Waals surface area contributed by atoms with Crippen LogP contribution in [0, 0.1) is 0 Å². The van der Waals surface area contributed by atoms with Gasteiger partial charge >= 0.3 is 0 Å². The summed E-state index contributed by atoms with van der Waals surface area (Å²) in [6, 6.07) is 13.5. The van der Waals surface area contributed by atoms with Crippen LogP contribution in [0.2, 0.25) is 0 Å². The quantitative estimate of drug-likeness (QED) is 0.627. The first-order valence-corrected chi connectivity index (χ1v) is 6.93. The van der Waals surface area contributed by atoms with Crippen LogP contribution in [-0.4, -0.2) is 20.8 Å². The van der Waals surface area contributed by atoms with Crippen LogP contribution < -0.4 is 19.9 Å². The van der Waals surface area contributed by atoms with Crippen LogP contribution >= 0.6 is 0 Å². The molecule has 4 nitrogen and oxygen atoms in total. The van der Waals surface area contributed by atoms with Gasteiger partial charge in [0, 0.05) is 5.69 Å². The van der Waals surface area contributed by atoms with Crippen molar-refractivity contribution in [1.82, 2.24) is 0 Å². The van der Waals surface area contributed by atoms with E-state index >= 15 is 0 Å². The van der Waals surface area contributed by atoms with E-state index in [1.807, 2.05) is 42.5 Å². The first kappa shape index (κ1) is 15.0. The van der Waals surface area contributed by atoms with Gasteiger partial charge in [-0.05, 0) is 42.7 Å². The zero-order valence-corrected chi connectivity index (χ0v) is 12.5. The Morgan fingerprint density at radius 1 is 0.905 bits per heavy atom. The number of benzene rings is 2. The average Bonchev–Trinajstić information content (AvgIpc) is 2.53. The Labute approximate surface area is 125 Å². The molecule has 0 radical (unpaired) electrons. The second kappa shape index (κ2) is 7.43. The van der Waals surface area contributed by atoms with Gasteiger partial charge in [0.1, 0.15) is 0 Å². The minimum absolute atomic E-state index is 0.598. The first-order chi connectivity index (χ1) is 10.2. The van der Waals surface area contributed by atoms with Crippen LogP contribution in [0.25, 0.3) is 0 Å². The van der Waals surface area contributed by atoms with Gasteiger partial charge in [-0.2, -0.15) is 0 Å². The van der Waals surface area contributed by atoms with Gasteiger partial charge in [-0.15, -0.1) is 0 Å². The maximum atomic E-state index is 5.82. The van der Waals surface area contributed by atoms with Crippen molar-refractivity contribution in [3.05, 3.63) is 48.0 Å². The SMILES string of the molecule is COc1cccc(OC)c1OCCCc1ccc(N)cc1. The fraction of sp³-hybridized carbons (Fsp3) is 0.294. The average molecular weight is 287 g/mol. The Bertz CT molecular complexity index is 544. The number of hydrogen-bond donors (Lipinski definition) is 1. The van der Waals surface area contributed by atoms with Crippen molar-refractivity contribution in [2.24, 2.45) is 0 Å². The summed E-state index contributed by atoms with van der Waals surface area (Å²) in [5, 5.41) is 0. The number of nitrogens with two attached hydrogens (primary N) is 1. The summed E-state index contributed by atoms with van der Waals surface area (Å²) in [7, 11) is 3.24. The number of para-hydroxylation sites is 1. The second-order valence-corrected chi connectivity index (χ2v) is 4.69. The summed E-state index contributed by atoms with van der Waals surface area (Å²) in [6.07, 6.45) is 1.85. The highest BCUT2D eigenvalue weighted by atomic mass is 16.5. The van der Waals surface area contributed by atoms with Crippen molar-refractivity contribution >= 4 is 5.69 Å². The maximum Gasteiger partial charge on any atom is 0.203 e. The predicted octanol–water partition coefficient (Wildman–Crippen LogP) is 3.30. The predicted molar refractivity (Wildman–Crippen MR) is 84.2 cm³/mol. The molecule has 4 heteroatoms. The molecule has 0 bridgehead atoms. The molecular weight excluding hydrogens is 266 g/mol. The lowest BCUT2D eigenvalue weighted by atomic mass is 10.1. The van der Waals surface area contributed by atoms with Crippen molar-refractivity contribution < 1.29 is 14.2 Å². The lowest BCUT2D eigenvalue weighted by Crippen LogP contribution is -2.02. The number of nitrogen functional groups attached to an aromatic ring is 1. The molecule has 0 saturated carbocycles. The molecule has 112 valence electrons. The zero-order chi connectivity index (χ0) is 15.1. The second-order valence-electron chi connectivity index (χ2n) is 4.69. The molecule has 0 atom stereocenters. The van der Waals surface area contributed by atoms with Gasteiger partial charge in [0.25, 0.3) is 0 Å². The molecule has 0 saturated heterocycles. The summed E-state index contributed by atoms with van der Waals surface area (Å²) in [5.74, 6) is 2.02. The highest BCUT2D eigenvalue weighted by Gasteiger charge is 2.10. The van der Waals surface area contributed by atoms with Crippen LogP contribution in [0.15, 0.2) is 42.5 Å². The Kier molecular flexibility index (Phi) is 5.32. The summed E-state index contributed by atoms with van der Waals surface area (Å²) >= 11 is 0. The topological polar surface area (TPSA) is 53.7 Å². The number of rotatable bonds is 7. The molecule has 0 aliphatic heterocycles. The molecule has 2 N–H and O–H groups in total. The van der Waals surface area contributed by atoms with E-state index in [4.69, 9.17) is 19.9 Å². The maximum absolute atomic E-state index is 5.82. The van der Waals surface area contributed by atoms with Crippen LogP contribution in [0.5, 0.6) is 17.2 Å². The van der Waals surface area contributed by atoms with Crippen molar-refractivity contribution in [1.29, 1.82) is 0 Å². The van der Waals surface area contributed by atoms with E-state index in [1.165, 1.54) is 5.56 Å². The number of anilines is 1. The molecule has 0 heterocycles. The summed E-state index contributed by atoms with van der Waals surface area (Å²) in [5.41, 5.74) is 7.70. The molecule has 0 fully saturated rings. The molecule has 2 aromatic carbocycles. The molecule has 2 aromatic rings. The lowest BCUT2D eigenvalue weighted by Gasteiger charge is -2.14. The van der Waals surface area contributed by atoms with E-state index in [1.54, 1.807) is 14.2 Å². The third-order valence-corrected chi connectivity index (χ3v) is 3.22. The van der Waals surface area contributed by atoms with Crippen molar-refractivity contribution in [2.45, 2.75) is 12.8 Å². The van der Waals surface area contributed by atoms with E-state index in [2.05, 4.69) is 0 Å². The van der Waals surface area contributed by atoms with Gasteiger partial charge in [-0.3, -0.25) is 0 Å². The lowest BCUT2D eigenvalue weighted by molar-refractivity contribution is 0.271. The molecule has 0 spiro atoms. The van der Waals surface area contributed by atoms with Crippen molar-refractivity contribution in [2.75, 3.05) is 26.6 Å². The standard InChI is InChI=1S/C17H21NO3/c1-19-15-6-3-7-16(20-2)17(15)21-12-4-5-13-8-10-14(18)11-9-13/h3,6-11H,4-5,12,18H2,1-2H3. The van der Waals surface area contributed by atoms with E-state index < -0.39 is 0 Å². The van der Waals surface area contributed by atoms with E-state index in [0.717, 1.165) is 18.5 Å². The Morgan fingerprint density at radius 3 is 2.10 bits per heavy atom. The number of aryl methyl sites for hydroxylation is 1. The fourth-order valence-electron chi connectivity index (χ4n) is 2.09. The van der Waals surface area contributed by atoms with E-state index in [0.29, 0.717) is 23.9 Å². The molecule has 0 aliphatic rings. The molecule has 0 amide bonds. The largest absolute Gasteiger partial charge is 0.493 e. The van der Waals surface area contributed by atoms with E-state index in [9.17, 15) is 0 Å². The molecule has 2 rings (SSSR count). The smallest absolute Gasteiger partial charge is 0.203 e. The zero-order valence-electron chi connectivity index (χ0n) is 12.5. The summed E-state index contributed by atoms with van der Waals surface area (Å²) in [4.78, 5) is 0. The molecule has 21 heavy (non-hydrogen) atoms. The Hall–Kier alpha value is -2.36. The monoisotopic (exact) mass is 287 g/mol. The molecule has 0 unspecified atom stereocenters. The Morgan fingerprint density at radius 2 is 1.52 bits per heavy atom. The summed E-state index contributed by atoms with van der Waals surface area (Å²) in [6.45, 7) is 0.598. The fourth-order valence-corrected chi connectivity index (χ4v) is 2.09. The van der Waals surface area contributed by atoms with Gasteiger partial charge in [-0.25, -0.2) is 0 Å². The third kappa shape index (κ3) is 4.05. The van der Waals surface area contributed by atoms with Crippen LogP contribution in [0.1, 0.15) is 12.0 Å². The van der Waals surface area contributed by atoms with Crippen LogP contribution in [0.3, 0.4) is 0 Å². The molecular formula is C17H21NO3. The van der Waals surface area contributed by atoms with Crippen LogP contribution in [-0.2, 0) is 6.42 Å². The van der Waals surface area contributed by atoms with Gasteiger partial charge in [0.05, 0.1) is 20.8 Å². The van der Waals surface area contributed by atoms with Gasteiger partial charge in [0.2, 0.25) is 5.75 Å². The minimum atomic E-state index is 0.598. The number of methoxy groups -OCH3 is 2. The highest BCUT2D eigenvalue weighted by molar-refractivity contribution is 5.51. The van der Waals surface area contributed by atoms with Crippen molar-refractivity contribution in [3.63, 3.8) is 0 Å². The Balaban J connectivity index is 1.90. The van der Waals surface area contributed by atoms with Gasteiger partial charge in [0.15, 0.2) is 11.5 Å². The number of ether oxygens (including phenoxy) is 3. The van der Waals surface area contributed by atoms with Crippen LogP contribution in [0.4, 0.5) is 5.69 Å². The van der Waals surface area contributed by atoms with Crippen molar-refractivity contribution in [3.8, 4) is 17.2 Å². The normalized spacial score (nSPS) is 10.2. The van der Waals surface area contributed by atoms with Gasteiger partial charge in [-0.1, -0.05) is 18.2 Å². The van der Waals surface area contributed by atoms with E-state index in [-0.39, 0.29) is 0 Å². The third-order valence-electron chi connectivity index (χ3n) is 3.22. The number of hydrogen-bond acceptors (Lipinski definition) is 4. The summed E-state index contributed by atoms with van der Waals surface area (Å²) < 4.78 is 16.4. The first-order valence-electron chi connectivity index (χ1n) is 6.93. The molecule has 0 aliphatic carbocycles. The van der Waals surface area contributed by atoms with Gasteiger partial charge < -0.3 is 19.9 Å².